The van der Waals surface area contributed by atoms with Crippen LogP contribution in [0.15, 0.2) is 54.6 Å². The number of carbonyl (C=O) groups excluding carboxylic acids is 2. The van der Waals surface area contributed by atoms with Gasteiger partial charge < -0.3 is 10.6 Å². The van der Waals surface area contributed by atoms with Crippen LogP contribution in [0.25, 0.3) is 5.69 Å². The predicted octanol–water partition coefficient (Wildman–Crippen LogP) is 4.14. The molecule has 0 fully saturated rings. The summed E-state index contributed by atoms with van der Waals surface area (Å²) in [6, 6.07) is 16.9. The van der Waals surface area contributed by atoms with Gasteiger partial charge in [-0.25, -0.2) is 4.68 Å². The summed E-state index contributed by atoms with van der Waals surface area (Å²) in [5.41, 5.74) is 4.70. The molecule has 2 aromatic carbocycles. The predicted molar refractivity (Wildman–Crippen MR) is 117 cm³/mol. The van der Waals surface area contributed by atoms with E-state index < -0.39 is 0 Å². The first-order valence-electron chi connectivity index (χ1n) is 10.5. The molecule has 154 valence electrons. The molecule has 2 N–H and O–H groups in total. The normalized spacial score (nSPS) is 13.2. The Morgan fingerprint density at radius 1 is 0.967 bits per heavy atom. The number of amides is 2. The van der Waals surface area contributed by atoms with E-state index >= 15 is 0 Å². The van der Waals surface area contributed by atoms with E-state index in [1.165, 1.54) is 0 Å². The lowest BCUT2D eigenvalue weighted by atomic mass is 10.1. The summed E-state index contributed by atoms with van der Waals surface area (Å²) in [5, 5.41) is 10.4. The summed E-state index contributed by atoms with van der Waals surface area (Å²) in [6.07, 6.45) is 5.07. The van der Waals surface area contributed by atoms with Crippen LogP contribution in [0.2, 0.25) is 0 Å². The lowest BCUT2D eigenvalue weighted by Gasteiger charge is -2.07. The van der Waals surface area contributed by atoms with Gasteiger partial charge in [0, 0.05) is 29.1 Å². The number of aromatic nitrogens is 2. The highest BCUT2D eigenvalue weighted by Gasteiger charge is 2.25. The van der Waals surface area contributed by atoms with Crippen molar-refractivity contribution in [1.29, 1.82) is 0 Å². The van der Waals surface area contributed by atoms with Gasteiger partial charge in [-0.2, -0.15) is 5.10 Å². The topological polar surface area (TPSA) is 76.0 Å². The Hall–Kier alpha value is -3.41. The van der Waals surface area contributed by atoms with Crippen molar-refractivity contribution in [1.82, 2.24) is 15.1 Å². The molecule has 1 aliphatic carbocycles. The zero-order valence-corrected chi connectivity index (χ0v) is 17.1. The van der Waals surface area contributed by atoms with Crippen LogP contribution in [0.1, 0.15) is 58.3 Å². The van der Waals surface area contributed by atoms with Gasteiger partial charge in [-0.1, -0.05) is 30.7 Å². The van der Waals surface area contributed by atoms with E-state index in [9.17, 15) is 9.59 Å². The summed E-state index contributed by atoms with van der Waals surface area (Å²) in [5.74, 6) is -0.397. The van der Waals surface area contributed by atoms with E-state index in [-0.39, 0.29) is 11.8 Å². The van der Waals surface area contributed by atoms with Crippen molar-refractivity contribution in [2.45, 2.75) is 39.0 Å². The molecule has 0 saturated carbocycles. The zero-order chi connectivity index (χ0) is 20.9. The summed E-state index contributed by atoms with van der Waals surface area (Å²) in [6.45, 7) is 2.43. The van der Waals surface area contributed by atoms with E-state index in [1.54, 1.807) is 24.3 Å². The molecular weight excluding hydrogens is 376 g/mol. The molecule has 2 amide bonds. The fourth-order valence-electron chi connectivity index (χ4n) is 3.93. The molecule has 6 heteroatoms. The van der Waals surface area contributed by atoms with E-state index in [0.29, 0.717) is 23.5 Å². The Balaban J connectivity index is 1.66. The number of anilines is 1. The molecule has 0 radical (unpaired) electrons. The minimum Gasteiger partial charge on any atom is -0.352 e. The van der Waals surface area contributed by atoms with Gasteiger partial charge in [0.25, 0.3) is 11.8 Å². The van der Waals surface area contributed by atoms with Gasteiger partial charge in [0.1, 0.15) is 0 Å². The third-order valence-corrected chi connectivity index (χ3v) is 5.37. The van der Waals surface area contributed by atoms with Crippen LogP contribution in [-0.2, 0) is 12.8 Å². The molecule has 0 saturated heterocycles. The smallest absolute Gasteiger partial charge is 0.276 e. The molecule has 4 rings (SSSR count). The van der Waals surface area contributed by atoms with Gasteiger partial charge in [0.15, 0.2) is 5.69 Å². The average molecular weight is 402 g/mol. The Bertz CT molecular complexity index is 1060. The molecule has 0 atom stereocenters. The molecule has 0 unspecified atom stereocenters. The lowest BCUT2D eigenvalue weighted by Crippen LogP contribution is -2.23. The molecule has 0 spiro atoms. The second-order valence-electron chi connectivity index (χ2n) is 7.48. The Labute approximate surface area is 176 Å². The van der Waals surface area contributed by atoms with Crippen molar-refractivity contribution in [3.8, 4) is 5.69 Å². The molecule has 30 heavy (non-hydrogen) atoms. The summed E-state index contributed by atoms with van der Waals surface area (Å²) in [7, 11) is 0. The first-order chi connectivity index (χ1) is 14.7. The van der Waals surface area contributed by atoms with Gasteiger partial charge in [0.05, 0.1) is 5.69 Å². The third-order valence-electron chi connectivity index (χ3n) is 5.37. The molecule has 3 aromatic rings. The number of para-hydroxylation sites is 1. The quantitative estimate of drug-likeness (QED) is 0.630. The Morgan fingerprint density at radius 3 is 2.57 bits per heavy atom. The highest BCUT2D eigenvalue weighted by atomic mass is 16.2. The largest absolute Gasteiger partial charge is 0.352 e. The van der Waals surface area contributed by atoms with Crippen molar-refractivity contribution in [2.24, 2.45) is 0 Å². The molecular formula is C24H26N4O2. The van der Waals surface area contributed by atoms with Gasteiger partial charge in [-0.3, -0.25) is 9.59 Å². The van der Waals surface area contributed by atoms with Crippen molar-refractivity contribution in [3.05, 3.63) is 77.1 Å². The fourth-order valence-corrected chi connectivity index (χ4v) is 3.93. The SMILES string of the molecule is CCNC(=O)c1cccc(NC(=O)c2nn(-c3ccccc3)c3c2CCCCC3)c1. The molecule has 0 aliphatic heterocycles. The number of nitrogens with zero attached hydrogens (tertiary/aromatic N) is 2. The van der Waals surface area contributed by atoms with E-state index in [1.807, 2.05) is 41.9 Å². The molecule has 1 aliphatic rings. The number of fused-ring (bicyclic) bond motifs is 1. The number of rotatable bonds is 5. The van der Waals surface area contributed by atoms with Gasteiger partial charge in [-0.05, 0) is 62.9 Å². The first kappa shape index (κ1) is 19.9. The zero-order valence-electron chi connectivity index (χ0n) is 17.1. The van der Waals surface area contributed by atoms with Crippen LogP contribution in [0.5, 0.6) is 0 Å². The van der Waals surface area contributed by atoms with Crippen LogP contribution in [0.3, 0.4) is 0 Å². The molecule has 6 nitrogen and oxygen atoms in total. The van der Waals surface area contributed by atoms with Crippen LogP contribution in [-0.4, -0.2) is 28.1 Å². The van der Waals surface area contributed by atoms with Gasteiger partial charge in [0.2, 0.25) is 0 Å². The number of hydrogen-bond acceptors (Lipinski definition) is 3. The highest BCUT2D eigenvalue weighted by Crippen LogP contribution is 2.27. The summed E-state index contributed by atoms with van der Waals surface area (Å²) >= 11 is 0. The van der Waals surface area contributed by atoms with E-state index in [2.05, 4.69) is 10.6 Å². The minimum atomic E-state index is -0.240. The standard InChI is InChI=1S/C24H26N4O2/c1-2-25-23(29)17-10-9-11-18(16-17)26-24(30)22-20-14-7-4-8-15-21(20)28(27-22)19-12-5-3-6-13-19/h3,5-6,9-13,16H,2,4,7-8,14-15H2,1H3,(H,25,29)(H,26,30). The minimum absolute atomic E-state index is 0.157. The maximum atomic E-state index is 13.2. The summed E-state index contributed by atoms with van der Waals surface area (Å²) in [4.78, 5) is 25.3. The highest BCUT2D eigenvalue weighted by molar-refractivity contribution is 6.05. The van der Waals surface area contributed by atoms with Crippen LogP contribution in [0, 0.1) is 0 Å². The van der Waals surface area contributed by atoms with E-state index in [4.69, 9.17) is 5.10 Å². The van der Waals surface area contributed by atoms with Crippen LogP contribution >= 0.6 is 0 Å². The average Bonchev–Trinajstić information content (AvgIpc) is 2.96. The monoisotopic (exact) mass is 402 g/mol. The maximum absolute atomic E-state index is 13.2. The van der Waals surface area contributed by atoms with Crippen LogP contribution in [0.4, 0.5) is 5.69 Å². The Morgan fingerprint density at radius 2 is 1.77 bits per heavy atom. The fraction of sp³-hybridized carbons (Fsp3) is 0.292. The first-order valence-corrected chi connectivity index (χ1v) is 10.5. The van der Waals surface area contributed by atoms with Crippen molar-refractivity contribution >= 4 is 17.5 Å². The molecule has 0 bridgehead atoms. The Kier molecular flexibility index (Phi) is 5.93. The van der Waals surface area contributed by atoms with Crippen LogP contribution < -0.4 is 10.6 Å². The number of nitrogens with one attached hydrogen (secondary N) is 2. The van der Waals surface area contributed by atoms with Crippen molar-refractivity contribution in [2.75, 3.05) is 11.9 Å². The lowest BCUT2D eigenvalue weighted by molar-refractivity contribution is 0.0954. The van der Waals surface area contributed by atoms with Gasteiger partial charge >= 0.3 is 0 Å². The van der Waals surface area contributed by atoms with Crippen molar-refractivity contribution in [3.63, 3.8) is 0 Å². The maximum Gasteiger partial charge on any atom is 0.276 e. The number of benzene rings is 2. The molecule has 1 aromatic heterocycles. The van der Waals surface area contributed by atoms with Gasteiger partial charge in [-0.15, -0.1) is 0 Å². The third kappa shape index (κ3) is 4.13. The van der Waals surface area contributed by atoms with E-state index in [0.717, 1.165) is 49.0 Å². The number of carbonyl (C=O) groups is 2. The summed E-state index contributed by atoms with van der Waals surface area (Å²) < 4.78 is 1.92. The van der Waals surface area contributed by atoms with Crippen molar-refractivity contribution < 1.29 is 9.59 Å². The second-order valence-corrected chi connectivity index (χ2v) is 7.48. The number of hydrogen-bond donors (Lipinski definition) is 2. The second kappa shape index (κ2) is 8.95. The molecule has 1 heterocycles.